The SMILES string of the molecule is CCCC1(C(=O)Nc2ccc(Cl)nn2)CCNCC1. The highest BCUT2D eigenvalue weighted by atomic mass is 35.5. The van der Waals surface area contributed by atoms with Gasteiger partial charge in [-0.15, -0.1) is 10.2 Å². The summed E-state index contributed by atoms with van der Waals surface area (Å²) in [6.07, 6.45) is 3.64. The monoisotopic (exact) mass is 282 g/mol. The molecule has 1 aliphatic heterocycles. The number of piperidine rings is 1. The lowest BCUT2D eigenvalue weighted by Crippen LogP contribution is -2.45. The van der Waals surface area contributed by atoms with Gasteiger partial charge in [0, 0.05) is 0 Å². The van der Waals surface area contributed by atoms with E-state index in [1.807, 2.05) is 0 Å². The lowest BCUT2D eigenvalue weighted by molar-refractivity contribution is -0.127. The molecule has 104 valence electrons. The second-order valence-corrected chi connectivity index (χ2v) is 5.36. The van der Waals surface area contributed by atoms with Crippen molar-refractivity contribution in [3.63, 3.8) is 0 Å². The molecule has 1 aromatic heterocycles. The molecule has 1 aromatic rings. The maximum atomic E-state index is 12.5. The standard InChI is InChI=1S/C13H19ClN4O/c1-2-5-13(6-8-15-9-7-13)12(19)16-11-4-3-10(14)17-18-11/h3-4,15H,2,5-9H2,1H3,(H,16,18,19). The summed E-state index contributed by atoms with van der Waals surface area (Å²) in [5, 5.41) is 14.1. The summed E-state index contributed by atoms with van der Waals surface area (Å²) in [4.78, 5) is 12.5. The minimum atomic E-state index is -0.276. The second kappa shape index (κ2) is 6.30. The average molecular weight is 283 g/mol. The summed E-state index contributed by atoms with van der Waals surface area (Å²) in [5.74, 6) is 0.510. The van der Waals surface area contributed by atoms with Crippen LogP contribution in [-0.2, 0) is 4.79 Å². The average Bonchev–Trinajstić information content (AvgIpc) is 2.43. The summed E-state index contributed by atoms with van der Waals surface area (Å²) >= 11 is 5.68. The van der Waals surface area contributed by atoms with Crippen LogP contribution in [0.3, 0.4) is 0 Å². The van der Waals surface area contributed by atoms with E-state index in [-0.39, 0.29) is 11.3 Å². The zero-order valence-corrected chi connectivity index (χ0v) is 11.8. The number of carbonyl (C=O) groups excluding carboxylic acids is 1. The van der Waals surface area contributed by atoms with Gasteiger partial charge in [-0.05, 0) is 44.5 Å². The van der Waals surface area contributed by atoms with E-state index in [1.54, 1.807) is 12.1 Å². The number of halogens is 1. The van der Waals surface area contributed by atoms with Gasteiger partial charge in [0.05, 0.1) is 5.41 Å². The third-order valence-electron chi connectivity index (χ3n) is 3.64. The minimum absolute atomic E-state index is 0.0486. The van der Waals surface area contributed by atoms with Crippen LogP contribution >= 0.6 is 11.6 Å². The highest BCUT2D eigenvalue weighted by Gasteiger charge is 2.38. The maximum Gasteiger partial charge on any atom is 0.231 e. The largest absolute Gasteiger partial charge is 0.317 e. The summed E-state index contributed by atoms with van der Waals surface area (Å²) in [6, 6.07) is 3.30. The van der Waals surface area contributed by atoms with Crippen LogP contribution in [0.15, 0.2) is 12.1 Å². The Morgan fingerprint density at radius 3 is 2.74 bits per heavy atom. The number of hydrogen-bond donors (Lipinski definition) is 2. The lowest BCUT2D eigenvalue weighted by atomic mass is 9.74. The molecular formula is C13H19ClN4O. The van der Waals surface area contributed by atoms with Crippen molar-refractivity contribution in [1.29, 1.82) is 0 Å². The highest BCUT2D eigenvalue weighted by Crippen LogP contribution is 2.35. The number of carbonyl (C=O) groups is 1. The lowest BCUT2D eigenvalue weighted by Gasteiger charge is -2.35. The number of rotatable bonds is 4. The quantitative estimate of drug-likeness (QED) is 0.889. The van der Waals surface area contributed by atoms with Crippen molar-refractivity contribution in [1.82, 2.24) is 15.5 Å². The molecule has 2 rings (SSSR count). The van der Waals surface area contributed by atoms with E-state index in [9.17, 15) is 4.79 Å². The molecule has 0 radical (unpaired) electrons. The van der Waals surface area contributed by atoms with Gasteiger partial charge in [0.1, 0.15) is 0 Å². The first-order valence-corrected chi connectivity index (χ1v) is 7.05. The fourth-order valence-corrected chi connectivity index (χ4v) is 2.71. The smallest absolute Gasteiger partial charge is 0.231 e. The summed E-state index contributed by atoms with van der Waals surface area (Å²) < 4.78 is 0. The van der Waals surface area contributed by atoms with Crippen LogP contribution < -0.4 is 10.6 Å². The molecule has 1 amide bonds. The molecule has 6 heteroatoms. The first-order chi connectivity index (χ1) is 9.16. The van der Waals surface area contributed by atoms with E-state index in [0.717, 1.165) is 38.8 Å². The van der Waals surface area contributed by atoms with Gasteiger partial charge in [-0.25, -0.2) is 0 Å². The van der Waals surface area contributed by atoms with Gasteiger partial charge in [0.25, 0.3) is 0 Å². The van der Waals surface area contributed by atoms with E-state index in [4.69, 9.17) is 11.6 Å². The number of aromatic nitrogens is 2. The predicted molar refractivity (Wildman–Crippen MR) is 75.1 cm³/mol. The molecule has 5 nitrogen and oxygen atoms in total. The topological polar surface area (TPSA) is 66.9 Å². The molecular weight excluding hydrogens is 264 g/mol. The van der Waals surface area contributed by atoms with E-state index in [1.165, 1.54) is 0 Å². The number of anilines is 1. The second-order valence-electron chi connectivity index (χ2n) is 4.98. The van der Waals surface area contributed by atoms with Crippen molar-refractivity contribution in [2.24, 2.45) is 5.41 Å². The number of nitrogens with zero attached hydrogens (tertiary/aromatic N) is 2. The number of amides is 1. The van der Waals surface area contributed by atoms with Crippen LogP contribution in [-0.4, -0.2) is 29.2 Å². The van der Waals surface area contributed by atoms with Crippen molar-refractivity contribution in [3.05, 3.63) is 17.3 Å². The Labute approximate surface area is 118 Å². The maximum absolute atomic E-state index is 12.5. The molecule has 1 saturated heterocycles. The van der Waals surface area contributed by atoms with Crippen LogP contribution in [0.5, 0.6) is 0 Å². The molecule has 0 aliphatic carbocycles. The Bertz CT molecular complexity index is 423. The van der Waals surface area contributed by atoms with E-state index >= 15 is 0 Å². The highest BCUT2D eigenvalue weighted by molar-refractivity contribution is 6.29. The number of nitrogens with one attached hydrogen (secondary N) is 2. The van der Waals surface area contributed by atoms with Gasteiger partial charge < -0.3 is 10.6 Å². The van der Waals surface area contributed by atoms with Gasteiger partial charge >= 0.3 is 0 Å². The summed E-state index contributed by atoms with van der Waals surface area (Å²) in [5.41, 5.74) is -0.276. The predicted octanol–water partition coefficient (Wildman–Crippen LogP) is 2.24. The minimum Gasteiger partial charge on any atom is -0.317 e. The van der Waals surface area contributed by atoms with E-state index in [0.29, 0.717) is 11.0 Å². The third kappa shape index (κ3) is 3.42. The van der Waals surface area contributed by atoms with Crippen LogP contribution in [0, 0.1) is 5.41 Å². The van der Waals surface area contributed by atoms with Crippen LogP contribution in [0.2, 0.25) is 5.15 Å². The zero-order chi connectivity index (χ0) is 13.7. The van der Waals surface area contributed by atoms with Crippen molar-refractivity contribution < 1.29 is 4.79 Å². The molecule has 0 unspecified atom stereocenters. The molecule has 1 fully saturated rings. The zero-order valence-electron chi connectivity index (χ0n) is 11.1. The Morgan fingerprint density at radius 1 is 1.42 bits per heavy atom. The first-order valence-electron chi connectivity index (χ1n) is 6.68. The van der Waals surface area contributed by atoms with Gasteiger partial charge in [-0.3, -0.25) is 4.79 Å². The molecule has 2 N–H and O–H groups in total. The van der Waals surface area contributed by atoms with Crippen molar-refractivity contribution in [3.8, 4) is 0 Å². The van der Waals surface area contributed by atoms with Crippen LogP contribution in [0.4, 0.5) is 5.82 Å². The Balaban J connectivity index is 2.09. The molecule has 0 atom stereocenters. The van der Waals surface area contributed by atoms with Gasteiger partial charge in [0.2, 0.25) is 5.91 Å². The molecule has 1 aliphatic rings. The van der Waals surface area contributed by atoms with E-state index in [2.05, 4.69) is 27.8 Å². The molecule has 19 heavy (non-hydrogen) atoms. The van der Waals surface area contributed by atoms with E-state index < -0.39 is 0 Å². The van der Waals surface area contributed by atoms with Crippen LogP contribution in [0.25, 0.3) is 0 Å². The number of hydrogen-bond acceptors (Lipinski definition) is 4. The fourth-order valence-electron chi connectivity index (χ4n) is 2.61. The van der Waals surface area contributed by atoms with Crippen molar-refractivity contribution in [2.45, 2.75) is 32.6 Å². The first kappa shape index (κ1) is 14.2. The van der Waals surface area contributed by atoms with Crippen molar-refractivity contribution >= 4 is 23.3 Å². The Morgan fingerprint density at radius 2 is 2.16 bits per heavy atom. The third-order valence-corrected chi connectivity index (χ3v) is 3.85. The van der Waals surface area contributed by atoms with Gasteiger partial charge in [0.15, 0.2) is 11.0 Å². The molecule has 0 aromatic carbocycles. The van der Waals surface area contributed by atoms with Gasteiger partial charge in [-0.1, -0.05) is 24.9 Å². The van der Waals surface area contributed by atoms with Crippen molar-refractivity contribution in [2.75, 3.05) is 18.4 Å². The van der Waals surface area contributed by atoms with Crippen LogP contribution in [0.1, 0.15) is 32.6 Å². The molecule has 0 saturated carbocycles. The Kier molecular flexibility index (Phi) is 4.71. The summed E-state index contributed by atoms with van der Waals surface area (Å²) in [7, 11) is 0. The fraction of sp³-hybridized carbons (Fsp3) is 0.615. The molecule has 0 bridgehead atoms. The Hall–Kier alpha value is -1.20. The van der Waals surface area contributed by atoms with Gasteiger partial charge in [-0.2, -0.15) is 0 Å². The summed E-state index contributed by atoms with van der Waals surface area (Å²) in [6.45, 7) is 3.89. The molecule has 0 spiro atoms. The molecule has 2 heterocycles. The normalized spacial score (nSPS) is 18.0.